The van der Waals surface area contributed by atoms with Gasteiger partial charge in [0.2, 0.25) is 5.95 Å². The summed E-state index contributed by atoms with van der Waals surface area (Å²) in [7, 11) is 1.80. The van der Waals surface area contributed by atoms with Gasteiger partial charge in [-0.15, -0.1) is 0 Å². The van der Waals surface area contributed by atoms with Crippen LogP contribution in [0.5, 0.6) is 0 Å². The van der Waals surface area contributed by atoms with Gasteiger partial charge in [-0.2, -0.15) is 15.1 Å². The van der Waals surface area contributed by atoms with Crippen molar-refractivity contribution in [2.24, 2.45) is 0 Å². The Kier molecular flexibility index (Phi) is 4.16. The molecule has 3 heterocycles. The third kappa shape index (κ3) is 3.22. The van der Waals surface area contributed by atoms with Crippen molar-refractivity contribution in [1.82, 2.24) is 25.1 Å². The zero-order valence-electron chi connectivity index (χ0n) is 12.4. The van der Waals surface area contributed by atoms with Gasteiger partial charge >= 0.3 is 0 Å². The number of anilines is 2. The molecule has 1 aliphatic heterocycles. The van der Waals surface area contributed by atoms with Crippen molar-refractivity contribution in [3.8, 4) is 0 Å². The molecule has 8 nitrogen and oxygen atoms in total. The van der Waals surface area contributed by atoms with Crippen molar-refractivity contribution in [3.63, 3.8) is 0 Å². The van der Waals surface area contributed by atoms with Gasteiger partial charge in [0, 0.05) is 32.7 Å². The molecule has 0 spiro atoms. The van der Waals surface area contributed by atoms with Crippen molar-refractivity contribution < 1.29 is 4.74 Å². The second-order valence-electron chi connectivity index (χ2n) is 5.24. The maximum atomic E-state index is 5.37. The molecule has 3 rings (SSSR count). The fourth-order valence-electron chi connectivity index (χ4n) is 2.51. The van der Waals surface area contributed by atoms with E-state index in [1.54, 1.807) is 13.2 Å². The summed E-state index contributed by atoms with van der Waals surface area (Å²) in [5.74, 6) is 1.38. The Bertz CT molecular complexity index is 593. The standard InChI is InChI=1S/C13H21N7O/c1-9(8-20-3-5-21-6-4-20)16-11-10-7-15-19-12(10)18-13(14-2)17-11/h7,9H,3-6,8H2,1-2H3,(H3,14,15,16,17,18,19). The molecular formula is C13H21N7O. The molecule has 2 aromatic rings. The molecule has 21 heavy (non-hydrogen) atoms. The number of H-pyrrole nitrogens is 1. The van der Waals surface area contributed by atoms with Crippen molar-refractivity contribution in [1.29, 1.82) is 0 Å². The molecule has 114 valence electrons. The Balaban J connectivity index is 1.72. The van der Waals surface area contributed by atoms with Crippen LogP contribution in [0.3, 0.4) is 0 Å². The zero-order chi connectivity index (χ0) is 14.7. The molecule has 1 fully saturated rings. The van der Waals surface area contributed by atoms with Gasteiger partial charge in [0.1, 0.15) is 5.82 Å². The number of nitrogens with zero attached hydrogens (tertiary/aromatic N) is 4. The summed E-state index contributed by atoms with van der Waals surface area (Å²) in [6, 6.07) is 0.279. The Morgan fingerprint density at radius 3 is 2.95 bits per heavy atom. The number of hydrogen-bond donors (Lipinski definition) is 3. The fraction of sp³-hybridized carbons (Fsp3) is 0.615. The minimum absolute atomic E-state index is 0.279. The van der Waals surface area contributed by atoms with Gasteiger partial charge in [0.25, 0.3) is 0 Å². The molecule has 1 aliphatic rings. The van der Waals surface area contributed by atoms with E-state index >= 15 is 0 Å². The van der Waals surface area contributed by atoms with Gasteiger partial charge in [0.15, 0.2) is 5.65 Å². The topological polar surface area (TPSA) is 91.0 Å². The summed E-state index contributed by atoms with van der Waals surface area (Å²) in [6.45, 7) is 6.72. The highest BCUT2D eigenvalue weighted by molar-refractivity contribution is 5.87. The lowest BCUT2D eigenvalue weighted by atomic mass is 10.2. The normalized spacial score (nSPS) is 17.8. The first kappa shape index (κ1) is 14.0. The first-order valence-electron chi connectivity index (χ1n) is 7.22. The number of ether oxygens (including phenoxy) is 1. The minimum Gasteiger partial charge on any atom is -0.379 e. The van der Waals surface area contributed by atoms with Gasteiger partial charge in [-0.05, 0) is 6.92 Å². The van der Waals surface area contributed by atoms with Crippen LogP contribution in [0.4, 0.5) is 11.8 Å². The number of aromatic amines is 1. The summed E-state index contributed by atoms with van der Waals surface area (Å²) in [6.07, 6.45) is 1.75. The molecule has 2 aromatic heterocycles. The number of morpholine rings is 1. The fourth-order valence-corrected chi connectivity index (χ4v) is 2.51. The predicted molar refractivity (Wildman–Crippen MR) is 81.6 cm³/mol. The van der Waals surface area contributed by atoms with Crippen LogP contribution in [0, 0.1) is 0 Å². The monoisotopic (exact) mass is 291 g/mol. The number of hydrogen-bond acceptors (Lipinski definition) is 7. The highest BCUT2D eigenvalue weighted by Crippen LogP contribution is 2.20. The van der Waals surface area contributed by atoms with Crippen LogP contribution >= 0.6 is 0 Å². The highest BCUT2D eigenvalue weighted by Gasteiger charge is 2.16. The molecule has 0 saturated carbocycles. The quantitative estimate of drug-likeness (QED) is 0.740. The Hall–Kier alpha value is -1.93. The minimum atomic E-state index is 0.279. The molecule has 0 amide bonds. The lowest BCUT2D eigenvalue weighted by molar-refractivity contribution is 0.0368. The van der Waals surface area contributed by atoms with Gasteiger partial charge in [-0.25, -0.2) is 0 Å². The lowest BCUT2D eigenvalue weighted by Crippen LogP contribution is -2.42. The number of aromatic nitrogens is 4. The first-order valence-corrected chi connectivity index (χ1v) is 7.22. The van der Waals surface area contributed by atoms with Crippen LogP contribution < -0.4 is 10.6 Å². The molecule has 0 bridgehead atoms. The molecule has 0 radical (unpaired) electrons. The van der Waals surface area contributed by atoms with E-state index < -0.39 is 0 Å². The van der Waals surface area contributed by atoms with E-state index in [1.165, 1.54) is 0 Å². The predicted octanol–water partition coefficient (Wildman–Crippen LogP) is 0.527. The van der Waals surface area contributed by atoms with Gasteiger partial charge in [0.05, 0.1) is 24.8 Å². The Labute approximate surface area is 123 Å². The van der Waals surface area contributed by atoms with Crippen LogP contribution in [-0.4, -0.2) is 71.0 Å². The van der Waals surface area contributed by atoms with Crippen molar-refractivity contribution >= 4 is 22.8 Å². The van der Waals surface area contributed by atoms with E-state index in [0.29, 0.717) is 5.95 Å². The maximum absolute atomic E-state index is 5.37. The summed E-state index contributed by atoms with van der Waals surface area (Å²) >= 11 is 0. The summed E-state index contributed by atoms with van der Waals surface area (Å²) in [4.78, 5) is 11.2. The van der Waals surface area contributed by atoms with E-state index in [4.69, 9.17) is 4.74 Å². The number of nitrogens with one attached hydrogen (secondary N) is 3. The highest BCUT2D eigenvalue weighted by atomic mass is 16.5. The van der Waals surface area contributed by atoms with Crippen molar-refractivity contribution in [3.05, 3.63) is 6.20 Å². The van der Waals surface area contributed by atoms with E-state index in [-0.39, 0.29) is 6.04 Å². The Morgan fingerprint density at radius 2 is 2.19 bits per heavy atom. The molecule has 1 unspecified atom stereocenters. The average molecular weight is 291 g/mol. The van der Waals surface area contributed by atoms with Crippen LogP contribution in [0.25, 0.3) is 11.0 Å². The molecule has 3 N–H and O–H groups in total. The van der Waals surface area contributed by atoms with E-state index in [9.17, 15) is 0 Å². The van der Waals surface area contributed by atoms with Gasteiger partial charge in [-0.1, -0.05) is 0 Å². The summed E-state index contributed by atoms with van der Waals surface area (Å²) < 4.78 is 5.37. The average Bonchev–Trinajstić information content (AvgIpc) is 2.96. The van der Waals surface area contributed by atoms with Crippen LogP contribution in [0.2, 0.25) is 0 Å². The summed E-state index contributed by atoms with van der Waals surface area (Å²) in [5, 5.41) is 14.3. The smallest absolute Gasteiger partial charge is 0.226 e. The molecular weight excluding hydrogens is 270 g/mol. The zero-order valence-corrected chi connectivity index (χ0v) is 12.4. The largest absolute Gasteiger partial charge is 0.379 e. The Morgan fingerprint density at radius 1 is 1.38 bits per heavy atom. The third-order valence-electron chi connectivity index (χ3n) is 3.55. The number of rotatable bonds is 5. The molecule has 0 aliphatic carbocycles. The molecule has 1 saturated heterocycles. The van der Waals surface area contributed by atoms with E-state index in [2.05, 4.69) is 42.6 Å². The van der Waals surface area contributed by atoms with Crippen molar-refractivity contribution in [2.75, 3.05) is 50.5 Å². The van der Waals surface area contributed by atoms with Crippen molar-refractivity contribution in [2.45, 2.75) is 13.0 Å². The first-order chi connectivity index (χ1) is 10.3. The lowest BCUT2D eigenvalue weighted by Gasteiger charge is -2.29. The molecule has 0 aromatic carbocycles. The van der Waals surface area contributed by atoms with E-state index in [1.807, 2.05) is 0 Å². The third-order valence-corrected chi connectivity index (χ3v) is 3.55. The molecule has 1 atom stereocenters. The van der Waals surface area contributed by atoms with Gasteiger partial charge in [-0.3, -0.25) is 10.00 Å². The maximum Gasteiger partial charge on any atom is 0.226 e. The number of fused-ring (bicyclic) bond motifs is 1. The van der Waals surface area contributed by atoms with Crippen LogP contribution in [0.15, 0.2) is 6.20 Å². The van der Waals surface area contributed by atoms with Crippen LogP contribution in [0.1, 0.15) is 6.92 Å². The van der Waals surface area contributed by atoms with Crippen LogP contribution in [-0.2, 0) is 4.74 Å². The second kappa shape index (κ2) is 6.23. The van der Waals surface area contributed by atoms with E-state index in [0.717, 1.165) is 49.7 Å². The van der Waals surface area contributed by atoms with Gasteiger partial charge < -0.3 is 15.4 Å². The second-order valence-corrected chi connectivity index (χ2v) is 5.24. The SMILES string of the molecule is CNc1nc(NC(C)CN2CCOCC2)c2cn[nH]c2n1. The summed E-state index contributed by atoms with van der Waals surface area (Å²) in [5.41, 5.74) is 0.732. The molecule has 8 heteroatoms.